The van der Waals surface area contributed by atoms with Crippen molar-refractivity contribution in [3.05, 3.63) is 24.6 Å². The first-order chi connectivity index (χ1) is 12.7. The van der Waals surface area contributed by atoms with Gasteiger partial charge in [0.25, 0.3) is 0 Å². The van der Waals surface area contributed by atoms with E-state index in [2.05, 4.69) is 15.1 Å². The Morgan fingerprint density at radius 2 is 2.04 bits per heavy atom. The highest BCUT2D eigenvalue weighted by molar-refractivity contribution is 5.89. The highest BCUT2D eigenvalue weighted by Gasteiger charge is 2.15. The third-order valence-electron chi connectivity index (χ3n) is 4.17. The van der Waals surface area contributed by atoms with Crippen molar-refractivity contribution in [3.63, 3.8) is 0 Å². The zero-order valence-corrected chi connectivity index (χ0v) is 14.4. The SMILES string of the molecule is Nc1nc(-c2ccco2)c2cnn(CCCCCCCC(=O)NO)c2n1. The fourth-order valence-electron chi connectivity index (χ4n) is 2.87. The van der Waals surface area contributed by atoms with Crippen molar-refractivity contribution < 1.29 is 14.4 Å². The van der Waals surface area contributed by atoms with Crippen molar-refractivity contribution in [1.82, 2.24) is 25.2 Å². The molecule has 3 rings (SSSR count). The zero-order valence-electron chi connectivity index (χ0n) is 14.4. The second kappa shape index (κ2) is 8.43. The third-order valence-corrected chi connectivity index (χ3v) is 4.17. The molecule has 3 heterocycles. The van der Waals surface area contributed by atoms with Crippen LogP contribution in [0.25, 0.3) is 22.5 Å². The van der Waals surface area contributed by atoms with Gasteiger partial charge < -0.3 is 10.2 Å². The summed E-state index contributed by atoms with van der Waals surface area (Å²) in [6.45, 7) is 0.731. The van der Waals surface area contributed by atoms with Gasteiger partial charge in [-0.15, -0.1) is 0 Å². The number of unbranched alkanes of at least 4 members (excludes halogenated alkanes) is 4. The molecule has 0 saturated carbocycles. The molecular weight excluding hydrogens is 336 g/mol. The Balaban J connectivity index is 1.57. The predicted molar refractivity (Wildman–Crippen MR) is 95.1 cm³/mol. The third kappa shape index (κ3) is 4.17. The number of hydrogen-bond acceptors (Lipinski definition) is 7. The summed E-state index contributed by atoms with van der Waals surface area (Å²) in [6, 6.07) is 3.63. The van der Waals surface area contributed by atoms with Gasteiger partial charge >= 0.3 is 0 Å². The van der Waals surface area contributed by atoms with E-state index in [4.69, 9.17) is 15.4 Å². The van der Waals surface area contributed by atoms with Gasteiger partial charge in [0.1, 0.15) is 5.69 Å². The maximum atomic E-state index is 10.9. The summed E-state index contributed by atoms with van der Waals surface area (Å²) in [7, 11) is 0. The Bertz CT molecular complexity index is 859. The normalized spacial score (nSPS) is 11.1. The molecule has 0 unspecified atom stereocenters. The van der Waals surface area contributed by atoms with Crippen LogP contribution in [0.1, 0.15) is 38.5 Å². The van der Waals surface area contributed by atoms with Gasteiger partial charge in [-0.25, -0.2) is 15.1 Å². The van der Waals surface area contributed by atoms with E-state index in [0.29, 0.717) is 23.5 Å². The molecule has 0 saturated heterocycles. The Labute approximate surface area is 150 Å². The largest absolute Gasteiger partial charge is 0.463 e. The number of aryl methyl sites for hydroxylation is 1. The number of furan rings is 1. The van der Waals surface area contributed by atoms with E-state index >= 15 is 0 Å². The second-order valence-electron chi connectivity index (χ2n) is 6.07. The first-order valence-corrected chi connectivity index (χ1v) is 8.65. The topological polar surface area (TPSA) is 132 Å². The highest BCUT2D eigenvalue weighted by atomic mass is 16.5. The monoisotopic (exact) mass is 358 g/mol. The summed E-state index contributed by atoms with van der Waals surface area (Å²) < 4.78 is 7.26. The number of anilines is 1. The lowest BCUT2D eigenvalue weighted by Gasteiger charge is -2.05. The van der Waals surface area contributed by atoms with Gasteiger partial charge in [-0.2, -0.15) is 10.1 Å². The predicted octanol–water partition coefficient (Wildman–Crippen LogP) is 2.51. The molecule has 0 bridgehead atoms. The smallest absolute Gasteiger partial charge is 0.243 e. The molecule has 0 fully saturated rings. The minimum absolute atomic E-state index is 0.188. The van der Waals surface area contributed by atoms with E-state index in [1.165, 1.54) is 0 Å². The Kier molecular flexibility index (Phi) is 5.80. The van der Waals surface area contributed by atoms with Crippen molar-refractivity contribution in [1.29, 1.82) is 0 Å². The molecule has 9 nitrogen and oxygen atoms in total. The molecule has 4 N–H and O–H groups in total. The number of hydrogen-bond donors (Lipinski definition) is 3. The van der Waals surface area contributed by atoms with Gasteiger partial charge in [0.2, 0.25) is 11.9 Å². The van der Waals surface area contributed by atoms with Crippen LogP contribution in [0.2, 0.25) is 0 Å². The fourth-order valence-corrected chi connectivity index (χ4v) is 2.87. The standard InChI is InChI=1S/C17H22N6O3/c18-17-20-15(13-7-6-10-26-13)12-11-19-23(16(12)21-17)9-5-3-1-2-4-8-14(24)22-25/h6-7,10-11,25H,1-5,8-9H2,(H,22,24)(H2,18,20,21). The Hall–Kier alpha value is -2.94. The molecule has 9 heteroatoms. The van der Waals surface area contributed by atoms with Crippen molar-refractivity contribution >= 4 is 22.9 Å². The van der Waals surface area contributed by atoms with Gasteiger partial charge in [-0.3, -0.25) is 10.0 Å². The number of nitrogen functional groups attached to an aromatic ring is 1. The van der Waals surface area contributed by atoms with Crippen LogP contribution in [0.15, 0.2) is 29.0 Å². The molecule has 1 amide bonds. The molecule has 0 aliphatic rings. The van der Waals surface area contributed by atoms with E-state index in [-0.39, 0.29) is 11.9 Å². The first-order valence-electron chi connectivity index (χ1n) is 8.65. The van der Waals surface area contributed by atoms with Crippen molar-refractivity contribution in [3.8, 4) is 11.5 Å². The molecule has 0 atom stereocenters. The van der Waals surface area contributed by atoms with Crippen LogP contribution in [0.5, 0.6) is 0 Å². The summed E-state index contributed by atoms with van der Waals surface area (Å²) in [6.07, 6.45) is 8.39. The first kappa shape index (κ1) is 17.9. The van der Waals surface area contributed by atoms with Crippen LogP contribution in [0, 0.1) is 0 Å². The van der Waals surface area contributed by atoms with Crippen LogP contribution in [0.4, 0.5) is 5.95 Å². The van der Waals surface area contributed by atoms with Crippen LogP contribution in [-0.4, -0.2) is 30.9 Å². The number of nitrogens with zero attached hydrogens (tertiary/aromatic N) is 4. The molecule has 0 radical (unpaired) electrons. The van der Waals surface area contributed by atoms with Gasteiger partial charge in [0.15, 0.2) is 11.4 Å². The molecule has 138 valence electrons. The maximum absolute atomic E-state index is 10.9. The van der Waals surface area contributed by atoms with E-state index in [9.17, 15) is 4.79 Å². The Morgan fingerprint density at radius 1 is 1.23 bits per heavy atom. The summed E-state index contributed by atoms with van der Waals surface area (Å²) in [4.78, 5) is 19.5. The number of rotatable bonds is 9. The number of aromatic nitrogens is 4. The molecular formula is C17H22N6O3. The Morgan fingerprint density at radius 3 is 2.81 bits per heavy atom. The molecule has 0 aromatic carbocycles. The number of nitrogens with two attached hydrogens (primary N) is 1. The quantitative estimate of drug-likeness (QED) is 0.304. The number of carbonyl (C=O) groups is 1. The fraction of sp³-hybridized carbons (Fsp3) is 0.412. The molecule has 0 aliphatic heterocycles. The summed E-state index contributed by atoms with van der Waals surface area (Å²) in [5, 5.41) is 13.7. The summed E-state index contributed by atoms with van der Waals surface area (Å²) >= 11 is 0. The van der Waals surface area contributed by atoms with Crippen molar-refractivity contribution in [2.24, 2.45) is 0 Å². The number of amides is 1. The lowest BCUT2D eigenvalue weighted by molar-refractivity contribution is -0.129. The molecule has 3 aromatic rings. The zero-order chi connectivity index (χ0) is 18.4. The summed E-state index contributed by atoms with van der Waals surface area (Å²) in [5.41, 5.74) is 8.83. The van der Waals surface area contributed by atoms with Crippen molar-refractivity contribution in [2.45, 2.75) is 45.1 Å². The second-order valence-corrected chi connectivity index (χ2v) is 6.07. The van der Waals surface area contributed by atoms with Gasteiger partial charge in [0.05, 0.1) is 17.8 Å². The molecule has 0 spiro atoms. The van der Waals surface area contributed by atoms with E-state index < -0.39 is 0 Å². The lowest BCUT2D eigenvalue weighted by atomic mass is 10.1. The van der Waals surface area contributed by atoms with Crippen LogP contribution < -0.4 is 11.2 Å². The van der Waals surface area contributed by atoms with Gasteiger partial charge in [-0.1, -0.05) is 19.3 Å². The maximum Gasteiger partial charge on any atom is 0.243 e. The summed E-state index contributed by atoms with van der Waals surface area (Å²) in [5.74, 6) is 0.487. The van der Waals surface area contributed by atoms with E-state index in [0.717, 1.165) is 44.0 Å². The minimum Gasteiger partial charge on any atom is -0.463 e. The van der Waals surface area contributed by atoms with Crippen LogP contribution in [0.3, 0.4) is 0 Å². The van der Waals surface area contributed by atoms with E-state index in [1.807, 2.05) is 10.7 Å². The van der Waals surface area contributed by atoms with Crippen LogP contribution >= 0.6 is 0 Å². The number of nitrogens with one attached hydrogen (secondary N) is 1. The van der Waals surface area contributed by atoms with Gasteiger partial charge in [-0.05, 0) is 25.0 Å². The average molecular weight is 358 g/mol. The van der Waals surface area contributed by atoms with Crippen LogP contribution in [-0.2, 0) is 11.3 Å². The minimum atomic E-state index is -0.336. The number of carbonyl (C=O) groups excluding carboxylic acids is 1. The lowest BCUT2D eigenvalue weighted by Crippen LogP contribution is -2.17. The van der Waals surface area contributed by atoms with Gasteiger partial charge in [0, 0.05) is 13.0 Å². The molecule has 26 heavy (non-hydrogen) atoms. The molecule has 3 aromatic heterocycles. The van der Waals surface area contributed by atoms with Crippen molar-refractivity contribution in [2.75, 3.05) is 5.73 Å². The average Bonchev–Trinajstić information content (AvgIpc) is 3.30. The van der Waals surface area contributed by atoms with E-state index in [1.54, 1.807) is 24.0 Å². The number of fused-ring (bicyclic) bond motifs is 1. The molecule has 0 aliphatic carbocycles. The highest BCUT2D eigenvalue weighted by Crippen LogP contribution is 2.27. The number of hydroxylamine groups is 1.